The molecule has 2 N–H and O–H groups in total. The van der Waals surface area contributed by atoms with E-state index in [2.05, 4.69) is 25.3 Å². The number of alkyl halides is 3. The van der Waals surface area contributed by atoms with Crippen LogP contribution in [0, 0.1) is 11.6 Å². The van der Waals surface area contributed by atoms with Gasteiger partial charge in [-0.3, -0.25) is 0 Å². The molecule has 0 saturated carbocycles. The standard InChI is InChI=1S/C26H23F5N8O/c27-17-5-6-18-21(20(17)28)35-19(34-18)13-32-23-22-24(37-25(36-23)38-9-11-40-12-10-38)39(14-33-22)8-7-15-1-3-16(4-2-15)26(29,30)31/h1-6,14H,7-13H2,(H,34,35)(H,32,36,37). The molecule has 5 aromatic rings. The number of morpholine rings is 1. The number of nitrogens with one attached hydrogen (secondary N) is 2. The van der Waals surface area contributed by atoms with Crippen molar-refractivity contribution in [2.45, 2.75) is 25.7 Å². The van der Waals surface area contributed by atoms with Crippen LogP contribution in [0.5, 0.6) is 0 Å². The van der Waals surface area contributed by atoms with E-state index in [1.807, 2.05) is 9.47 Å². The molecule has 0 unspecified atom stereocenters. The van der Waals surface area contributed by atoms with Crippen molar-refractivity contribution in [3.8, 4) is 0 Å². The van der Waals surface area contributed by atoms with Crippen LogP contribution in [0.2, 0.25) is 0 Å². The molecule has 3 aromatic heterocycles. The van der Waals surface area contributed by atoms with Crippen molar-refractivity contribution < 1.29 is 26.7 Å². The maximum Gasteiger partial charge on any atom is 0.416 e. The van der Waals surface area contributed by atoms with Crippen LogP contribution in [0.15, 0.2) is 42.7 Å². The molecule has 1 saturated heterocycles. The summed E-state index contributed by atoms with van der Waals surface area (Å²) in [5, 5.41) is 3.18. The van der Waals surface area contributed by atoms with Crippen LogP contribution < -0.4 is 10.2 Å². The number of nitrogens with zero attached hydrogens (tertiary/aromatic N) is 6. The fourth-order valence-corrected chi connectivity index (χ4v) is 4.55. The second-order valence-corrected chi connectivity index (χ2v) is 9.32. The molecule has 0 bridgehead atoms. The Kier molecular flexibility index (Phi) is 6.70. The van der Waals surface area contributed by atoms with Gasteiger partial charge in [-0.2, -0.15) is 23.1 Å². The molecule has 1 aliphatic heterocycles. The summed E-state index contributed by atoms with van der Waals surface area (Å²) in [4.78, 5) is 23.0. The SMILES string of the molecule is Fc1ccc2[nH]c(CNc3nc(N4CCOCC4)nc4c3ncn4CCc3ccc(C(F)(F)F)cc3)nc2c1F. The zero-order valence-electron chi connectivity index (χ0n) is 21.0. The normalized spacial score (nSPS) is 14.4. The van der Waals surface area contributed by atoms with Crippen molar-refractivity contribution in [2.24, 2.45) is 0 Å². The number of aryl methyl sites for hydroxylation is 2. The molecule has 0 amide bonds. The van der Waals surface area contributed by atoms with Gasteiger partial charge in [-0.05, 0) is 36.2 Å². The molecule has 1 aliphatic rings. The average molecular weight is 559 g/mol. The van der Waals surface area contributed by atoms with Crippen LogP contribution in [-0.4, -0.2) is 55.8 Å². The van der Waals surface area contributed by atoms with Gasteiger partial charge in [0, 0.05) is 19.6 Å². The maximum absolute atomic E-state index is 14.1. The van der Waals surface area contributed by atoms with Gasteiger partial charge in [-0.25, -0.2) is 18.7 Å². The van der Waals surface area contributed by atoms with Gasteiger partial charge in [0.15, 0.2) is 28.6 Å². The topological polar surface area (TPSA) is 96.8 Å². The molecule has 2 aromatic carbocycles. The Balaban J connectivity index is 1.28. The summed E-state index contributed by atoms with van der Waals surface area (Å²) in [6.45, 7) is 2.80. The van der Waals surface area contributed by atoms with Crippen LogP contribution in [0.4, 0.5) is 33.7 Å². The molecule has 6 rings (SSSR count). The predicted octanol–water partition coefficient (Wildman–Crippen LogP) is 4.69. The second kappa shape index (κ2) is 10.3. The number of hydrogen-bond donors (Lipinski definition) is 2. The predicted molar refractivity (Wildman–Crippen MR) is 137 cm³/mol. The smallest absolute Gasteiger partial charge is 0.378 e. The number of anilines is 2. The number of imidazole rings is 2. The number of rotatable bonds is 7. The third kappa shape index (κ3) is 5.13. The number of benzene rings is 2. The minimum atomic E-state index is -4.39. The minimum Gasteiger partial charge on any atom is -0.378 e. The molecule has 0 atom stereocenters. The van der Waals surface area contributed by atoms with E-state index in [0.717, 1.165) is 23.8 Å². The molecule has 0 spiro atoms. The van der Waals surface area contributed by atoms with Crippen molar-refractivity contribution in [3.05, 3.63) is 71.3 Å². The summed E-state index contributed by atoms with van der Waals surface area (Å²) in [6.07, 6.45) is -2.32. The van der Waals surface area contributed by atoms with Crippen molar-refractivity contribution in [1.82, 2.24) is 29.5 Å². The van der Waals surface area contributed by atoms with E-state index >= 15 is 0 Å². The van der Waals surface area contributed by atoms with E-state index < -0.39 is 23.4 Å². The summed E-state index contributed by atoms with van der Waals surface area (Å²) in [5.74, 6) is -0.737. The van der Waals surface area contributed by atoms with Crippen molar-refractivity contribution in [2.75, 3.05) is 36.5 Å². The quantitative estimate of drug-likeness (QED) is 0.280. The second-order valence-electron chi connectivity index (χ2n) is 9.32. The van der Waals surface area contributed by atoms with Crippen LogP contribution in [0.1, 0.15) is 17.0 Å². The number of H-pyrrole nitrogens is 1. The Morgan fingerprint density at radius 1 is 0.950 bits per heavy atom. The van der Waals surface area contributed by atoms with Gasteiger partial charge in [0.05, 0.1) is 37.2 Å². The van der Waals surface area contributed by atoms with Gasteiger partial charge in [0.1, 0.15) is 11.3 Å². The maximum atomic E-state index is 14.1. The first kappa shape index (κ1) is 25.9. The fourth-order valence-electron chi connectivity index (χ4n) is 4.55. The van der Waals surface area contributed by atoms with Crippen LogP contribution in [0.25, 0.3) is 22.2 Å². The Bertz CT molecular complexity index is 1660. The molecule has 4 heterocycles. The van der Waals surface area contributed by atoms with E-state index in [9.17, 15) is 22.0 Å². The van der Waals surface area contributed by atoms with Crippen molar-refractivity contribution >= 4 is 34.0 Å². The van der Waals surface area contributed by atoms with Gasteiger partial charge in [-0.1, -0.05) is 12.1 Å². The number of hydrogen-bond acceptors (Lipinski definition) is 7. The Labute approximate surface area is 224 Å². The fraction of sp³-hybridized carbons (Fsp3) is 0.308. The Morgan fingerprint density at radius 3 is 2.48 bits per heavy atom. The Hall–Kier alpha value is -4.33. The third-order valence-electron chi connectivity index (χ3n) is 6.69. The van der Waals surface area contributed by atoms with Gasteiger partial charge in [0.2, 0.25) is 5.95 Å². The van der Waals surface area contributed by atoms with Gasteiger partial charge < -0.3 is 24.5 Å². The van der Waals surface area contributed by atoms with Crippen molar-refractivity contribution in [3.63, 3.8) is 0 Å². The highest BCUT2D eigenvalue weighted by molar-refractivity contribution is 5.84. The van der Waals surface area contributed by atoms with E-state index in [0.29, 0.717) is 73.5 Å². The lowest BCUT2D eigenvalue weighted by Crippen LogP contribution is -2.37. The first-order valence-electron chi connectivity index (χ1n) is 12.5. The van der Waals surface area contributed by atoms with Gasteiger partial charge in [-0.15, -0.1) is 0 Å². The molecule has 0 aliphatic carbocycles. The number of halogens is 5. The molecule has 14 heteroatoms. The first-order chi connectivity index (χ1) is 19.3. The average Bonchev–Trinajstić information content (AvgIpc) is 3.57. The highest BCUT2D eigenvalue weighted by atomic mass is 19.4. The van der Waals surface area contributed by atoms with Crippen LogP contribution >= 0.6 is 0 Å². The van der Waals surface area contributed by atoms with Gasteiger partial charge >= 0.3 is 6.18 Å². The van der Waals surface area contributed by atoms with E-state index in [1.54, 1.807) is 6.33 Å². The molecule has 0 radical (unpaired) electrons. The monoisotopic (exact) mass is 558 g/mol. The van der Waals surface area contributed by atoms with E-state index in [-0.39, 0.29) is 12.1 Å². The molecule has 9 nitrogen and oxygen atoms in total. The zero-order chi connectivity index (χ0) is 27.9. The third-order valence-corrected chi connectivity index (χ3v) is 6.69. The Morgan fingerprint density at radius 2 is 1.73 bits per heavy atom. The summed E-state index contributed by atoms with van der Waals surface area (Å²) in [7, 11) is 0. The molecular formula is C26H23F5N8O. The number of aromatic amines is 1. The minimum absolute atomic E-state index is 0.0915. The lowest BCUT2D eigenvalue weighted by molar-refractivity contribution is -0.137. The summed E-state index contributed by atoms with van der Waals surface area (Å²) in [6, 6.07) is 7.52. The largest absolute Gasteiger partial charge is 0.416 e. The lowest BCUT2D eigenvalue weighted by Gasteiger charge is -2.27. The zero-order valence-corrected chi connectivity index (χ0v) is 21.0. The molecule has 1 fully saturated rings. The summed E-state index contributed by atoms with van der Waals surface area (Å²) >= 11 is 0. The number of aromatic nitrogens is 6. The van der Waals surface area contributed by atoms with Crippen LogP contribution in [-0.2, 0) is 30.4 Å². The summed E-state index contributed by atoms with van der Waals surface area (Å²) < 4.78 is 73.7. The molecule has 40 heavy (non-hydrogen) atoms. The molecular weight excluding hydrogens is 535 g/mol. The lowest BCUT2D eigenvalue weighted by atomic mass is 10.1. The first-order valence-corrected chi connectivity index (χ1v) is 12.5. The van der Waals surface area contributed by atoms with E-state index in [1.165, 1.54) is 18.2 Å². The van der Waals surface area contributed by atoms with Crippen molar-refractivity contribution in [1.29, 1.82) is 0 Å². The van der Waals surface area contributed by atoms with Crippen LogP contribution in [0.3, 0.4) is 0 Å². The number of fused-ring (bicyclic) bond motifs is 2. The number of ether oxygens (including phenoxy) is 1. The highest BCUT2D eigenvalue weighted by Crippen LogP contribution is 2.29. The summed E-state index contributed by atoms with van der Waals surface area (Å²) in [5.41, 5.74) is 1.35. The van der Waals surface area contributed by atoms with E-state index in [4.69, 9.17) is 9.72 Å². The molecule has 208 valence electrons. The van der Waals surface area contributed by atoms with Gasteiger partial charge in [0.25, 0.3) is 0 Å². The highest BCUT2D eigenvalue weighted by Gasteiger charge is 2.30.